The van der Waals surface area contributed by atoms with E-state index in [4.69, 9.17) is 5.26 Å². The fourth-order valence-electron chi connectivity index (χ4n) is 2.40. The van der Waals surface area contributed by atoms with Gasteiger partial charge in [0.2, 0.25) is 0 Å². The van der Waals surface area contributed by atoms with Crippen molar-refractivity contribution in [2.75, 3.05) is 0 Å². The van der Waals surface area contributed by atoms with Crippen molar-refractivity contribution in [1.82, 2.24) is 4.98 Å². The molecule has 0 aliphatic heterocycles. The van der Waals surface area contributed by atoms with Crippen molar-refractivity contribution >= 4 is 0 Å². The van der Waals surface area contributed by atoms with Crippen LogP contribution in [0.2, 0.25) is 0 Å². The molecule has 0 aliphatic carbocycles. The lowest BCUT2D eigenvalue weighted by Gasteiger charge is -2.18. The summed E-state index contributed by atoms with van der Waals surface area (Å²) in [6, 6.07) is 4.25. The number of nitrogens with zero attached hydrogens (tertiary/aromatic N) is 2. The Morgan fingerprint density at radius 2 is 1.71 bits per heavy atom. The number of hydrogen-bond donors (Lipinski definition) is 0. The van der Waals surface area contributed by atoms with Crippen molar-refractivity contribution < 1.29 is 13.2 Å². The lowest BCUT2D eigenvalue weighted by atomic mass is 9.88. The summed E-state index contributed by atoms with van der Waals surface area (Å²) in [4.78, 5) is 3.51. The third-order valence-electron chi connectivity index (χ3n) is 3.57. The summed E-state index contributed by atoms with van der Waals surface area (Å²) in [5.74, 6) is 0.120. The topological polar surface area (TPSA) is 36.7 Å². The summed E-state index contributed by atoms with van der Waals surface area (Å²) in [7, 11) is 0. The van der Waals surface area contributed by atoms with Gasteiger partial charge in [0.05, 0.1) is 0 Å². The van der Waals surface area contributed by atoms with Gasteiger partial charge in [0.15, 0.2) is 0 Å². The zero-order valence-corrected chi connectivity index (χ0v) is 12.5. The van der Waals surface area contributed by atoms with Crippen LogP contribution in [-0.2, 0) is 6.18 Å². The maximum Gasteiger partial charge on any atom is 0.433 e. The van der Waals surface area contributed by atoms with E-state index >= 15 is 0 Å². The van der Waals surface area contributed by atoms with Crippen LogP contribution in [0.15, 0.2) is 12.1 Å². The molecule has 0 N–H and O–H groups in total. The molecule has 0 unspecified atom stereocenters. The number of unbranched alkanes of at least 4 members (excludes halogenated alkanes) is 2. The minimum absolute atomic E-state index is 0.0815. The SMILES string of the molecule is CCCCC(CCCC)c1ccc(C(F)(F)F)nc1C#N. The highest BCUT2D eigenvalue weighted by atomic mass is 19.4. The molecule has 1 aromatic rings. The number of rotatable bonds is 7. The lowest BCUT2D eigenvalue weighted by Crippen LogP contribution is -2.12. The lowest BCUT2D eigenvalue weighted by molar-refractivity contribution is -0.141. The molecular weight excluding hydrogens is 277 g/mol. The van der Waals surface area contributed by atoms with Crippen LogP contribution in [0.5, 0.6) is 0 Å². The number of halogens is 3. The van der Waals surface area contributed by atoms with Gasteiger partial charge in [-0.3, -0.25) is 0 Å². The molecule has 116 valence electrons. The summed E-state index contributed by atoms with van der Waals surface area (Å²) < 4.78 is 38.0. The molecule has 0 saturated carbocycles. The first-order valence-corrected chi connectivity index (χ1v) is 7.42. The van der Waals surface area contributed by atoms with E-state index in [1.165, 1.54) is 6.07 Å². The van der Waals surface area contributed by atoms with Gasteiger partial charge in [-0.2, -0.15) is 18.4 Å². The average Bonchev–Trinajstić information content (AvgIpc) is 2.46. The summed E-state index contributed by atoms with van der Waals surface area (Å²) in [5.41, 5.74) is -0.415. The first-order chi connectivity index (χ1) is 9.93. The zero-order valence-electron chi connectivity index (χ0n) is 12.5. The van der Waals surface area contributed by atoms with Crippen molar-refractivity contribution in [3.8, 4) is 6.07 Å². The predicted octanol–water partition coefficient (Wildman–Crippen LogP) is 5.44. The van der Waals surface area contributed by atoms with Crippen molar-refractivity contribution in [2.45, 2.75) is 64.5 Å². The van der Waals surface area contributed by atoms with Crippen LogP contribution in [0.25, 0.3) is 0 Å². The third-order valence-corrected chi connectivity index (χ3v) is 3.57. The van der Waals surface area contributed by atoms with Gasteiger partial charge in [-0.05, 0) is 30.4 Å². The maximum absolute atomic E-state index is 12.7. The van der Waals surface area contributed by atoms with Crippen molar-refractivity contribution in [2.24, 2.45) is 0 Å². The molecule has 0 aromatic carbocycles. The largest absolute Gasteiger partial charge is 0.433 e. The van der Waals surface area contributed by atoms with Gasteiger partial charge in [-0.25, -0.2) is 4.98 Å². The Morgan fingerprint density at radius 3 is 2.14 bits per heavy atom. The van der Waals surface area contributed by atoms with Gasteiger partial charge in [-0.15, -0.1) is 0 Å². The van der Waals surface area contributed by atoms with E-state index < -0.39 is 11.9 Å². The van der Waals surface area contributed by atoms with Crippen LogP contribution in [0.3, 0.4) is 0 Å². The Kier molecular flexibility index (Phi) is 6.67. The second-order valence-corrected chi connectivity index (χ2v) is 5.23. The Hall–Kier alpha value is -1.57. The zero-order chi connectivity index (χ0) is 15.9. The molecule has 21 heavy (non-hydrogen) atoms. The molecule has 0 fully saturated rings. The number of aromatic nitrogens is 1. The Balaban J connectivity index is 3.09. The van der Waals surface area contributed by atoms with E-state index in [0.29, 0.717) is 5.56 Å². The van der Waals surface area contributed by atoms with E-state index in [2.05, 4.69) is 18.8 Å². The Bertz CT molecular complexity index is 481. The normalized spacial score (nSPS) is 11.7. The van der Waals surface area contributed by atoms with Crippen LogP contribution < -0.4 is 0 Å². The smallest absolute Gasteiger partial charge is 0.232 e. The molecule has 1 heterocycles. The number of hydrogen-bond acceptors (Lipinski definition) is 2. The fraction of sp³-hybridized carbons (Fsp3) is 0.625. The van der Waals surface area contributed by atoms with Gasteiger partial charge in [0, 0.05) is 0 Å². The molecular formula is C16H21F3N2. The van der Waals surface area contributed by atoms with E-state index in [1.807, 2.05) is 6.07 Å². The second kappa shape index (κ2) is 8.02. The van der Waals surface area contributed by atoms with Crippen molar-refractivity contribution in [3.05, 3.63) is 29.1 Å². The minimum Gasteiger partial charge on any atom is -0.232 e. The molecule has 0 saturated heterocycles. The van der Waals surface area contributed by atoms with Crippen molar-refractivity contribution in [3.63, 3.8) is 0 Å². The van der Waals surface area contributed by atoms with Crippen LogP contribution >= 0.6 is 0 Å². The van der Waals surface area contributed by atoms with Crippen LogP contribution in [0.4, 0.5) is 13.2 Å². The highest BCUT2D eigenvalue weighted by Crippen LogP contribution is 2.33. The van der Waals surface area contributed by atoms with Gasteiger partial charge < -0.3 is 0 Å². The van der Waals surface area contributed by atoms with Crippen LogP contribution in [0.1, 0.15) is 75.2 Å². The summed E-state index contributed by atoms with van der Waals surface area (Å²) in [5, 5.41) is 9.13. The highest BCUT2D eigenvalue weighted by molar-refractivity contribution is 5.36. The molecule has 0 bridgehead atoms. The summed E-state index contributed by atoms with van der Waals surface area (Å²) in [6.07, 6.45) is 1.32. The number of pyridine rings is 1. The third kappa shape index (κ3) is 5.04. The first kappa shape index (κ1) is 17.5. The molecule has 1 rings (SSSR count). The van der Waals surface area contributed by atoms with E-state index in [9.17, 15) is 13.2 Å². The number of alkyl halides is 3. The minimum atomic E-state index is -4.51. The Morgan fingerprint density at radius 1 is 1.14 bits per heavy atom. The second-order valence-electron chi connectivity index (χ2n) is 5.23. The van der Waals surface area contributed by atoms with Gasteiger partial charge in [-0.1, -0.05) is 45.6 Å². The predicted molar refractivity (Wildman–Crippen MR) is 75.7 cm³/mol. The molecule has 5 heteroatoms. The molecule has 0 radical (unpaired) electrons. The quantitative estimate of drug-likeness (QED) is 0.672. The molecule has 0 amide bonds. The standard InChI is InChI=1S/C16H21F3N2/c1-3-5-7-12(8-6-4-2)13-9-10-15(16(17,18)19)21-14(13)11-20/h9-10,12H,3-8H2,1-2H3. The fourth-order valence-corrected chi connectivity index (χ4v) is 2.40. The van der Waals surface area contributed by atoms with Crippen LogP contribution in [0, 0.1) is 11.3 Å². The van der Waals surface area contributed by atoms with E-state index in [-0.39, 0.29) is 11.6 Å². The maximum atomic E-state index is 12.7. The number of nitriles is 1. The van der Waals surface area contributed by atoms with Crippen LogP contribution in [-0.4, -0.2) is 4.98 Å². The Labute approximate surface area is 124 Å². The van der Waals surface area contributed by atoms with Gasteiger partial charge in [0.25, 0.3) is 0 Å². The highest BCUT2D eigenvalue weighted by Gasteiger charge is 2.33. The molecule has 0 aliphatic rings. The van der Waals surface area contributed by atoms with E-state index in [1.54, 1.807) is 0 Å². The molecule has 1 aromatic heterocycles. The average molecular weight is 298 g/mol. The summed E-state index contributed by atoms with van der Waals surface area (Å²) >= 11 is 0. The van der Waals surface area contributed by atoms with Gasteiger partial charge >= 0.3 is 6.18 Å². The molecule has 0 atom stereocenters. The van der Waals surface area contributed by atoms with Crippen molar-refractivity contribution in [1.29, 1.82) is 5.26 Å². The molecule has 2 nitrogen and oxygen atoms in total. The first-order valence-electron chi connectivity index (χ1n) is 7.42. The molecule has 0 spiro atoms. The van der Waals surface area contributed by atoms with Gasteiger partial charge in [0.1, 0.15) is 17.5 Å². The monoisotopic (exact) mass is 298 g/mol. The summed E-state index contributed by atoms with van der Waals surface area (Å²) in [6.45, 7) is 4.15. The van der Waals surface area contributed by atoms with E-state index in [0.717, 1.165) is 44.6 Å².